The van der Waals surface area contributed by atoms with Crippen LogP contribution in [-0.2, 0) is 11.3 Å². The van der Waals surface area contributed by atoms with E-state index in [-0.39, 0.29) is 29.8 Å². The molecule has 0 saturated heterocycles. The summed E-state index contributed by atoms with van der Waals surface area (Å²) in [6.45, 7) is 0.122. The number of amides is 1. The van der Waals surface area contributed by atoms with Gasteiger partial charge in [-0.2, -0.15) is 0 Å². The lowest BCUT2D eigenvalue weighted by molar-refractivity contribution is -0.384. The van der Waals surface area contributed by atoms with Crippen LogP contribution in [0.5, 0.6) is 5.75 Å². The molecule has 0 radical (unpaired) electrons. The molecule has 0 atom stereocenters. The first-order valence-electron chi connectivity index (χ1n) is 7.25. The highest BCUT2D eigenvalue weighted by molar-refractivity contribution is 9.10. The third kappa shape index (κ3) is 3.55. The van der Waals surface area contributed by atoms with Gasteiger partial charge in [-0.1, -0.05) is 22.0 Å². The summed E-state index contributed by atoms with van der Waals surface area (Å²) in [6, 6.07) is 7.05. The molecule has 0 bridgehead atoms. The second-order valence-electron chi connectivity index (χ2n) is 5.52. The molecule has 0 fully saturated rings. The number of hydrogen-bond donors (Lipinski definition) is 1. The van der Waals surface area contributed by atoms with Gasteiger partial charge in [0, 0.05) is 18.1 Å². The van der Waals surface area contributed by atoms with E-state index in [0.29, 0.717) is 22.4 Å². The van der Waals surface area contributed by atoms with Crippen molar-refractivity contribution in [2.75, 3.05) is 23.9 Å². The quantitative estimate of drug-likeness (QED) is 0.617. The van der Waals surface area contributed by atoms with Gasteiger partial charge in [0.2, 0.25) is 0 Å². The molecular weight excluding hydrogens is 397 g/mol. The van der Waals surface area contributed by atoms with Gasteiger partial charge in [0.05, 0.1) is 16.7 Å². The summed E-state index contributed by atoms with van der Waals surface area (Å²) in [5.41, 5.74) is 1.31. The molecule has 0 aliphatic carbocycles. The Balaban J connectivity index is 1.98. The Labute approximate surface area is 150 Å². The van der Waals surface area contributed by atoms with E-state index in [1.54, 1.807) is 18.0 Å². The van der Waals surface area contributed by atoms with Gasteiger partial charge in [0.25, 0.3) is 11.6 Å². The van der Waals surface area contributed by atoms with Crippen LogP contribution in [0, 0.1) is 15.9 Å². The average molecular weight is 410 g/mol. The minimum atomic E-state index is -0.508. The summed E-state index contributed by atoms with van der Waals surface area (Å²) in [5, 5.41) is 14.0. The molecule has 3 rings (SSSR count). The highest BCUT2D eigenvalue weighted by atomic mass is 79.9. The zero-order chi connectivity index (χ0) is 18.1. The molecule has 0 unspecified atom stereocenters. The minimum Gasteiger partial charge on any atom is -0.481 e. The zero-order valence-corrected chi connectivity index (χ0v) is 14.7. The molecule has 1 amide bonds. The van der Waals surface area contributed by atoms with Crippen molar-refractivity contribution in [3.8, 4) is 5.75 Å². The molecule has 9 heteroatoms. The highest BCUT2D eigenvalue weighted by Crippen LogP contribution is 2.40. The number of nitrogens with zero attached hydrogens (tertiary/aromatic N) is 2. The summed E-state index contributed by atoms with van der Waals surface area (Å²) in [6.07, 6.45) is 0. The Bertz CT molecular complexity index is 875. The van der Waals surface area contributed by atoms with Crippen LogP contribution < -0.4 is 15.0 Å². The molecule has 7 nitrogen and oxygen atoms in total. The number of ether oxygens (including phenoxy) is 1. The number of nitro benzene ring substituents is 1. The summed E-state index contributed by atoms with van der Waals surface area (Å²) < 4.78 is 19.0. The van der Waals surface area contributed by atoms with Gasteiger partial charge in [0.1, 0.15) is 11.5 Å². The highest BCUT2D eigenvalue weighted by Gasteiger charge is 2.25. The van der Waals surface area contributed by atoms with Crippen molar-refractivity contribution in [3.05, 3.63) is 56.3 Å². The van der Waals surface area contributed by atoms with Crippen LogP contribution in [0.2, 0.25) is 0 Å². The Kier molecular flexibility index (Phi) is 4.58. The Morgan fingerprint density at radius 2 is 2.16 bits per heavy atom. The number of fused-ring (bicyclic) bond motifs is 1. The number of nitrogens with one attached hydrogen (secondary N) is 1. The maximum atomic E-state index is 13.2. The summed E-state index contributed by atoms with van der Waals surface area (Å²) >= 11 is 3.29. The number of anilines is 2. The van der Waals surface area contributed by atoms with Crippen LogP contribution in [0.15, 0.2) is 34.8 Å². The number of benzene rings is 2. The molecule has 130 valence electrons. The van der Waals surface area contributed by atoms with Crippen molar-refractivity contribution in [1.29, 1.82) is 0 Å². The van der Waals surface area contributed by atoms with E-state index in [1.165, 1.54) is 24.3 Å². The smallest absolute Gasteiger partial charge is 0.296 e. The van der Waals surface area contributed by atoms with Gasteiger partial charge in [-0.15, -0.1) is 0 Å². The topological polar surface area (TPSA) is 84.7 Å². The second kappa shape index (κ2) is 6.67. The van der Waals surface area contributed by atoms with Crippen LogP contribution in [0.1, 0.15) is 5.56 Å². The van der Waals surface area contributed by atoms with Crippen LogP contribution >= 0.6 is 15.9 Å². The predicted octanol–water partition coefficient (Wildman–Crippen LogP) is 3.46. The lowest BCUT2D eigenvalue weighted by Gasteiger charge is -2.23. The molecule has 1 N–H and O–H groups in total. The standard InChI is InChI=1S/C16H13BrFN3O4/c1-20(7-9-2-3-10(18)4-11(9)17)13-5-12-15(6-14(13)21(23)24)25-8-16(22)19-12/h2-6H,7-8H2,1H3,(H,19,22). The monoisotopic (exact) mass is 409 g/mol. The maximum absolute atomic E-state index is 13.2. The fraction of sp³-hybridized carbons (Fsp3) is 0.188. The van der Waals surface area contributed by atoms with E-state index in [4.69, 9.17) is 4.74 Å². The zero-order valence-electron chi connectivity index (χ0n) is 13.1. The van der Waals surface area contributed by atoms with Gasteiger partial charge in [-0.3, -0.25) is 14.9 Å². The van der Waals surface area contributed by atoms with Gasteiger partial charge < -0.3 is 15.0 Å². The normalized spacial score (nSPS) is 12.8. The summed E-state index contributed by atoms with van der Waals surface area (Å²) in [4.78, 5) is 24.0. The second-order valence-corrected chi connectivity index (χ2v) is 6.38. The molecule has 0 spiro atoms. The van der Waals surface area contributed by atoms with Crippen molar-refractivity contribution in [2.45, 2.75) is 6.54 Å². The van der Waals surface area contributed by atoms with E-state index in [2.05, 4.69) is 21.2 Å². The van der Waals surface area contributed by atoms with E-state index in [0.717, 1.165) is 5.56 Å². The SMILES string of the molecule is CN(Cc1ccc(F)cc1Br)c1cc2c(cc1[N+](=O)[O-])OCC(=O)N2. The third-order valence-electron chi connectivity index (χ3n) is 3.74. The Hall–Kier alpha value is -2.68. The first-order chi connectivity index (χ1) is 11.8. The van der Waals surface area contributed by atoms with Gasteiger partial charge >= 0.3 is 0 Å². The molecule has 0 saturated carbocycles. The van der Waals surface area contributed by atoms with Crippen molar-refractivity contribution in [3.63, 3.8) is 0 Å². The molecule has 0 aromatic heterocycles. The first kappa shape index (κ1) is 17.2. The van der Waals surface area contributed by atoms with E-state index >= 15 is 0 Å². The molecule has 2 aromatic rings. The van der Waals surface area contributed by atoms with Crippen molar-refractivity contribution < 1.29 is 18.8 Å². The van der Waals surface area contributed by atoms with Crippen LogP contribution in [0.25, 0.3) is 0 Å². The summed E-state index contributed by atoms with van der Waals surface area (Å²) in [7, 11) is 1.68. The third-order valence-corrected chi connectivity index (χ3v) is 4.48. The largest absolute Gasteiger partial charge is 0.481 e. The Morgan fingerprint density at radius 3 is 2.84 bits per heavy atom. The van der Waals surface area contributed by atoms with Crippen LogP contribution in [0.3, 0.4) is 0 Å². The number of halogens is 2. The molecular formula is C16H13BrFN3O4. The number of rotatable bonds is 4. The van der Waals surface area contributed by atoms with Crippen LogP contribution in [0.4, 0.5) is 21.5 Å². The molecule has 25 heavy (non-hydrogen) atoms. The number of carbonyl (C=O) groups is 1. The van der Waals surface area contributed by atoms with Crippen LogP contribution in [-0.4, -0.2) is 24.5 Å². The van der Waals surface area contributed by atoms with Gasteiger partial charge in [0.15, 0.2) is 12.4 Å². The van der Waals surface area contributed by atoms with Gasteiger partial charge in [-0.25, -0.2) is 4.39 Å². The molecule has 1 heterocycles. The first-order valence-corrected chi connectivity index (χ1v) is 8.04. The van der Waals surface area contributed by atoms with E-state index < -0.39 is 4.92 Å². The Morgan fingerprint density at radius 1 is 1.40 bits per heavy atom. The summed E-state index contributed by atoms with van der Waals surface area (Å²) in [5.74, 6) is -0.444. The number of nitro groups is 1. The van der Waals surface area contributed by atoms with E-state index in [9.17, 15) is 19.3 Å². The predicted molar refractivity (Wildman–Crippen MR) is 93.4 cm³/mol. The van der Waals surface area contributed by atoms with Crippen molar-refractivity contribution in [1.82, 2.24) is 0 Å². The van der Waals surface area contributed by atoms with Gasteiger partial charge in [-0.05, 0) is 23.8 Å². The molecule has 2 aromatic carbocycles. The fourth-order valence-corrected chi connectivity index (χ4v) is 3.02. The number of carbonyl (C=O) groups excluding carboxylic acids is 1. The lowest BCUT2D eigenvalue weighted by atomic mass is 10.1. The molecule has 1 aliphatic rings. The number of hydrogen-bond acceptors (Lipinski definition) is 5. The van der Waals surface area contributed by atoms with E-state index in [1.807, 2.05) is 0 Å². The average Bonchev–Trinajstić information content (AvgIpc) is 2.55. The van der Waals surface area contributed by atoms with Crippen molar-refractivity contribution in [2.24, 2.45) is 0 Å². The molecule has 1 aliphatic heterocycles. The lowest BCUT2D eigenvalue weighted by Crippen LogP contribution is -2.26. The minimum absolute atomic E-state index is 0.143. The maximum Gasteiger partial charge on any atom is 0.296 e. The fourth-order valence-electron chi connectivity index (χ4n) is 2.55. The van der Waals surface area contributed by atoms with Crippen molar-refractivity contribution >= 4 is 38.9 Å².